The SMILES string of the molecule is Cc1ccccc1N1C(=O)C(=O)/C(=C(\O)c2ccc3c(c2)CC(C)O3)C1c1ccc(F)cc1. The third-order valence-corrected chi connectivity index (χ3v) is 6.17. The number of aryl methyl sites for hydroxylation is 1. The number of carbonyl (C=O) groups excluding carboxylic acids is 2. The van der Waals surface area contributed by atoms with Gasteiger partial charge in [-0.3, -0.25) is 14.5 Å². The van der Waals surface area contributed by atoms with Crippen molar-refractivity contribution in [2.24, 2.45) is 0 Å². The lowest BCUT2D eigenvalue weighted by molar-refractivity contribution is -0.132. The highest BCUT2D eigenvalue weighted by molar-refractivity contribution is 6.51. The van der Waals surface area contributed by atoms with Crippen LogP contribution in [-0.4, -0.2) is 22.9 Å². The van der Waals surface area contributed by atoms with Gasteiger partial charge in [-0.25, -0.2) is 4.39 Å². The number of amides is 1. The molecule has 0 bridgehead atoms. The van der Waals surface area contributed by atoms with Gasteiger partial charge in [0.15, 0.2) is 0 Å². The summed E-state index contributed by atoms with van der Waals surface area (Å²) >= 11 is 0. The second-order valence-corrected chi connectivity index (χ2v) is 8.46. The number of ketones is 1. The third-order valence-electron chi connectivity index (χ3n) is 6.17. The molecule has 2 atom stereocenters. The van der Waals surface area contributed by atoms with Crippen LogP contribution in [0.25, 0.3) is 5.76 Å². The fourth-order valence-corrected chi connectivity index (χ4v) is 4.60. The molecule has 1 N–H and O–H groups in total. The van der Waals surface area contributed by atoms with Crippen LogP contribution in [0.4, 0.5) is 10.1 Å². The van der Waals surface area contributed by atoms with Gasteiger partial charge in [-0.05, 0) is 66.9 Å². The van der Waals surface area contributed by atoms with Crippen LogP contribution >= 0.6 is 0 Å². The van der Waals surface area contributed by atoms with Gasteiger partial charge in [0, 0.05) is 17.7 Å². The molecule has 0 saturated carbocycles. The van der Waals surface area contributed by atoms with Crippen LogP contribution in [0.5, 0.6) is 5.75 Å². The van der Waals surface area contributed by atoms with E-state index in [-0.39, 0.29) is 17.4 Å². The number of anilines is 1. The fraction of sp³-hybridized carbons (Fsp3) is 0.185. The molecule has 2 heterocycles. The number of hydrogen-bond acceptors (Lipinski definition) is 4. The molecule has 1 saturated heterocycles. The van der Waals surface area contributed by atoms with E-state index in [1.165, 1.54) is 29.2 Å². The number of para-hydroxylation sites is 1. The van der Waals surface area contributed by atoms with Crippen LogP contribution in [0.2, 0.25) is 0 Å². The average molecular weight is 443 g/mol. The lowest BCUT2D eigenvalue weighted by Crippen LogP contribution is -2.30. The summed E-state index contributed by atoms with van der Waals surface area (Å²) in [6.45, 7) is 3.81. The van der Waals surface area contributed by atoms with Gasteiger partial charge in [0.05, 0.1) is 11.6 Å². The van der Waals surface area contributed by atoms with Crippen LogP contribution in [0, 0.1) is 12.7 Å². The van der Waals surface area contributed by atoms with Gasteiger partial charge in [-0.1, -0.05) is 30.3 Å². The number of benzene rings is 3. The number of ether oxygens (including phenoxy) is 1. The maximum Gasteiger partial charge on any atom is 0.300 e. The molecule has 3 aromatic carbocycles. The van der Waals surface area contributed by atoms with E-state index in [4.69, 9.17) is 4.74 Å². The Kier molecular flexibility index (Phi) is 5.01. The Morgan fingerprint density at radius 2 is 1.79 bits per heavy atom. The maximum atomic E-state index is 13.7. The number of halogens is 1. The molecule has 1 amide bonds. The van der Waals surface area contributed by atoms with E-state index in [0.717, 1.165) is 16.9 Å². The van der Waals surface area contributed by atoms with Gasteiger partial charge in [0.1, 0.15) is 23.4 Å². The Hall–Kier alpha value is -3.93. The fourth-order valence-electron chi connectivity index (χ4n) is 4.60. The molecule has 0 aliphatic carbocycles. The van der Waals surface area contributed by atoms with Gasteiger partial charge in [-0.15, -0.1) is 0 Å². The van der Waals surface area contributed by atoms with E-state index in [1.807, 2.05) is 26.0 Å². The summed E-state index contributed by atoms with van der Waals surface area (Å²) < 4.78 is 19.4. The van der Waals surface area contributed by atoms with E-state index < -0.39 is 23.5 Å². The summed E-state index contributed by atoms with van der Waals surface area (Å²) in [5, 5.41) is 11.3. The number of nitrogens with zero attached hydrogens (tertiary/aromatic N) is 1. The van der Waals surface area contributed by atoms with Crippen molar-refractivity contribution in [3.8, 4) is 5.75 Å². The highest BCUT2D eigenvalue weighted by Crippen LogP contribution is 2.43. The number of rotatable bonds is 3. The van der Waals surface area contributed by atoms with Crippen molar-refractivity contribution >= 4 is 23.1 Å². The third kappa shape index (κ3) is 3.48. The van der Waals surface area contributed by atoms with E-state index >= 15 is 0 Å². The molecule has 5 rings (SSSR count). The van der Waals surface area contributed by atoms with Crippen molar-refractivity contribution < 1.29 is 23.8 Å². The van der Waals surface area contributed by atoms with Crippen molar-refractivity contribution in [2.75, 3.05) is 4.90 Å². The first-order valence-corrected chi connectivity index (χ1v) is 10.8. The van der Waals surface area contributed by atoms with E-state index in [1.54, 1.807) is 30.3 Å². The van der Waals surface area contributed by atoms with E-state index in [2.05, 4.69) is 0 Å². The predicted octanol–water partition coefficient (Wildman–Crippen LogP) is 5.08. The summed E-state index contributed by atoms with van der Waals surface area (Å²) in [5.74, 6) is -1.47. The van der Waals surface area contributed by atoms with Crippen molar-refractivity contribution in [3.63, 3.8) is 0 Å². The summed E-state index contributed by atoms with van der Waals surface area (Å²) in [6.07, 6.45) is 0.721. The molecule has 2 aliphatic rings. The number of aliphatic hydroxyl groups is 1. The molecule has 5 nitrogen and oxygen atoms in total. The molecular formula is C27H22FNO4. The lowest BCUT2D eigenvalue weighted by atomic mass is 9.94. The second kappa shape index (κ2) is 7.89. The number of hydrogen-bond donors (Lipinski definition) is 1. The van der Waals surface area contributed by atoms with Crippen molar-refractivity contribution in [1.29, 1.82) is 0 Å². The lowest BCUT2D eigenvalue weighted by Gasteiger charge is -2.26. The number of Topliss-reactive ketones (excluding diaryl/α,β-unsaturated/α-hetero) is 1. The topological polar surface area (TPSA) is 66.8 Å². The number of carbonyl (C=O) groups is 2. The van der Waals surface area contributed by atoms with Crippen LogP contribution < -0.4 is 9.64 Å². The van der Waals surface area contributed by atoms with Gasteiger partial charge in [0.25, 0.3) is 11.7 Å². The molecule has 2 unspecified atom stereocenters. The molecule has 3 aromatic rings. The zero-order valence-corrected chi connectivity index (χ0v) is 18.2. The molecule has 0 aromatic heterocycles. The predicted molar refractivity (Wildman–Crippen MR) is 123 cm³/mol. The standard InChI is InChI=1S/C27H22FNO4/c1-15-5-3-4-6-21(15)29-24(17-7-10-20(28)11-8-17)23(26(31)27(29)32)25(30)18-9-12-22-19(14-18)13-16(2)33-22/h3-12,14,16,24,30H,13H2,1-2H3/b25-23-. The minimum absolute atomic E-state index is 0.0261. The van der Waals surface area contributed by atoms with Crippen molar-refractivity contribution in [2.45, 2.75) is 32.4 Å². The quantitative estimate of drug-likeness (QED) is 0.348. The molecule has 6 heteroatoms. The van der Waals surface area contributed by atoms with Crippen molar-refractivity contribution in [3.05, 3.63) is 100 Å². The largest absolute Gasteiger partial charge is 0.507 e. The average Bonchev–Trinajstić information content (AvgIpc) is 3.30. The minimum atomic E-state index is -0.893. The van der Waals surface area contributed by atoms with Gasteiger partial charge in [0.2, 0.25) is 0 Å². The van der Waals surface area contributed by atoms with E-state index in [0.29, 0.717) is 23.2 Å². The highest BCUT2D eigenvalue weighted by Gasteiger charge is 2.47. The Balaban J connectivity index is 1.70. The molecule has 2 aliphatic heterocycles. The van der Waals surface area contributed by atoms with Crippen LogP contribution in [0.15, 0.2) is 72.3 Å². The normalized spacial score (nSPS) is 21.2. The molecule has 33 heavy (non-hydrogen) atoms. The smallest absolute Gasteiger partial charge is 0.300 e. The molecule has 1 fully saturated rings. The zero-order chi connectivity index (χ0) is 23.3. The second-order valence-electron chi connectivity index (χ2n) is 8.46. The summed E-state index contributed by atoms with van der Waals surface area (Å²) in [4.78, 5) is 27.8. The zero-order valence-electron chi connectivity index (χ0n) is 18.2. The number of fused-ring (bicyclic) bond motifs is 1. The summed E-state index contributed by atoms with van der Waals surface area (Å²) in [5.41, 5.74) is 3.22. The van der Waals surface area contributed by atoms with Crippen LogP contribution in [-0.2, 0) is 16.0 Å². The number of aliphatic hydroxyl groups excluding tert-OH is 1. The van der Waals surface area contributed by atoms with Crippen LogP contribution in [0.3, 0.4) is 0 Å². The maximum absolute atomic E-state index is 13.7. The first kappa shape index (κ1) is 20.9. The Morgan fingerprint density at radius 3 is 2.52 bits per heavy atom. The van der Waals surface area contributed by atoms with Gasteiger partial charge >= 0.3 is 0 Å². The van der Waals surface area contributed by atoms with E-state index in [9.17, 15) is 19.1 Å². The first-order chi connectivity index (χ1) is 15.8. The van der Waals surface area contributed by atoms with Gasteiger partial charge in [-0.2, -0.15) is 0 Å². The van der Waals surface area contributed by atoms with Crippen LogP contribution in [0.1, 0.15) is 35.2 Å². The minimum Gasteiger partial charge on any atom is -0.507 e. The summed E-state index contributed by atoms with van der Waals surface area (Å²) in [7, 11) is 0. The summed E-state index contributed by atoms with van der Waals surface area (Å²) in [6, 6.07) is 17.2. The Morgan fingerprint density at radius 1 is 1.06 bits per heavy atom. The molecule has 166 valence electrons. The monoisotopic (exact) mass is 443 g/mol. The molecule has 0 radical (unpaired) electrons. The van der Waals surface area contributed by atoms with Gasteiger partial charge < -0.3 is 9.84 Å². The van der Waals surface area contributed by atoms with Crippen molar-refractivity contribution in [1.82, 2.24) is 0 Å². The Bertz CT molecular complexity index is 1310. The Labute approximate surface area is 190 Å². The highest BCUT2D eigenvalue weighted by atomic mass is 19.1. The molecular weight excluding hydrogens is 421 g/mol. The first-order valence-electron chi connectivity index (χ1n) is 10.8. The molecule has 0 spiro atoms.